The Morgan fingerprint density at radius 2 is 2.17 bits per heavy atom. The molecule has 4 rings (SSSR count). The summed E-state index contributed by atoms with van der Waals surface area (Å²) in [5, 5.41) is 6.88. The zero-order chi connectivity index (χ0) is 15.6. The third kappa shape index (κ3) is 3.26. The van der Waals surface area contributed by atoms with E-state index in [1.165, 1.54) is 12.8 Å². The summed E-state index contributed by atoms with van der Waals surface area (Å²) in [5.74, 6) is 2.08. The highest BCUT2D eigenvalue weighted by atomic mass is 32.1. The van der Waals surface area contributed by atoms with Crippen molar-refractivity contribution in [2.45, 2.75) is 12.8 Å². The number of nitrogens with zero attached hydrogens (tertiary/aromatic N) is 4. The van der Waals surface area contributed by atoms with Crippen LogP contribution in [0.1, 0.15) is 12.8 Å². The number of rotatable bonds is 4. The molecular formula is C15H15N7S. The lowest BCUT2D eigenvalue weighted by Crippen LogP contribution is -2.30. The number of H-pyrrole nitrogens is 1. The van der Waals surface area contributed by atoms with E-state index in [0.717, 1.165) is 18.0 Å². The average molecular weight is 325 g/mol. The number of imidazole rings is 1. The molecule has 1 aliphatic carbocycles. The Kier molecular flexibility index (Phi) is 3.58. The van der Waals surface area contributed by atoms with Crippen molar-refractivity contribution in [1.29, 1.82) is 0 Å². The molecule has 3 aromatic heterocycles. The van der Waals surface area contributed by atoms with Crippen LogP contribution in [-0.4, -0.2) is 36.6 Å². The number of hydrogen-bond donors (Lipinski definition) is 3. The summed E-state index contributed by atoms with van der Waals surface area (Å²) in [7, 11) is 0. The van der Waals surface area contributed by atoms with Crippen molar-refractivity contribution in [3.8, 4) is 11.5 Å². The second kappa shape index (κ2) is 5.88. The molecule has 1 saturated carbocycles. The van der Waals surface area contributed by atoms with Gasteiger partial charge in [-0.15, -0.1) is 0 Å². The lowest BCUT2D eigenvalue weighted by atomic mass is 10.3. The molecule has 1 fully saturated rings. The first-order valence-corrected chi connectivity index (χ1v) is 7.87. The highest BCUT2D eigenvalue weighted by molar-refractivity contribution is 7.80. The Morgan fingerprint density at radius 1 is 1.26 bits per heavy atom. The van der Waals surface area contributed by atoms with Crippen LogP contribution in [-0.2, 0) is 0 Å². The summed E-state index contributed by atoms with van der Waals surface area (Å²) in [6.45, 7) is 0.919. The van der Waals surface area contributed by atoms with Gasteiger partial charge in [0, 0.05) is 18.9 Å². The topological polar surface area (TPSA) is 91.4 Å². The molecule has 0 radical (unpaired) electrons. The second-order valence-corrected chi connectivity index (χ2v) is 5.92. The van der Waals surface area contributed by atoms with Gasteiger partial charge in [0.05, 0.1) is 6.20 Å². The zero-order valence-electron chi connectivity index (χ0n) is 12.3. The molecule has 3 aromatic rings. The third-order valence-corrected chi connectivity index (χ3v) is 3.88. The molecule has 116 valence electrons. The molecule has 0 bridgehead atoms. The molecule has 0 atom stereocenters. The Morgan fingerprint density at radius 3 is 2.96 bits per heavy atom. The van der Waals surface area contributed by atoms with Gasteiger partial charge in [-0.05, 0) is 43.1 Å². The van der Waals surface area contributed by atoms with Crippen LogP contribution in [0.25, 0.3) is 22.7 Å². The summed E-state index contributed by atoms with van der Waals surface area (Å²) in [6.07, 6.45) is 7.68. The van der Waals surface area contributed by atoms with Crippen LogP contribution < -0.4 is 10.6 Å². The van der Waals surface area contributed by atoms with Gasteiger partial charge in [0.25, 0.3) is 0 Å². The van der Waals surface area contributed by atoms with E-state index in [9.17, 15) is 0 Å². The normalized spacial score (nSPS) is 13.9. The minimum atomic E-state index is 0.550. The number of hydrogen-bond acceptors (Lipinski definition) is 5. The fourth-order valence-electron chi connectivity index (χ4n) is 2.21. The van der Waals surface area contributed by atoms with Crippen molar-refractivity contribution in [1.82, 2.24) is 30.2 Å². The van der Waals surface area contributed by atoms with E-state index in [0.29, 0.717) is 28.1 Å². The first kappa shape index (κ1) is 14.0. The zero-order valence-corrected chi connectivity index (χ0v) is 13.1. The number of anilines is 1. The maximum Gasteiger partial charge on any atom is 0.180 e. The first-order chi connectivity index (χ1) is 11.3. The summed E-state index contributed by atoms with van der Waals surface area (Å²) >= 11 is 5.28. The van der Waals surface area contributed by atoms with E-state index in [-0.39, 0.29) is 0 Å². The van der Waals surface area contributed by atoms with Crippen LogP contribution in [0.4, 0.5) is 5.82 Å². The van der Waals surface area contributed by atoms with Crippen molar-refractivity contribution in [3.63, 3.8) is 0 Å². The molecule has 0 spiro atoms. The van der Waals surface area contributed by atoms with Crippen molar-refractivity contribution in [2.24, 2.45) is 5.92 Å². The molecule has 0 amide bonds. The fourth-order valence-corrected chi connectivity index (χ4v) is 2.39. The Hall–Kier alpha value is -2.61. The maximum absolute atomic E-state index is 5.28. The molecule has 1 aliphatic rings. The first-order valence-electron chi connectivity index (χ1n) is 7.46. The van der Waals surface area contributed by atoms with Crippen LogP contribution in [0.5, 0.6) is 0 Å². The van der Waals surface area contributed by atoms with E-state index in [1.54, 1.807) is 18.6 Å². The number of aromatic amines is 1. The quantitative estimate of drug-likeness (QED) is 0.633. The van der Waals surface area contributed by atoms with Gasteiger partial charge in [-0.2, -0.15) is 0 Å². The SMILES string of the molecule is S=C(NCC1CC1)Nc1ccc2ncc(-c3ncc[nH]3)nc2n1. The van der Waals surface area contributed by atoms with Gasteiger partial charge in [0.1, 0.15) is 17.0 Å². The molecule has 8 heteroatoms. The Balaban J connectivity index is 1.54. The molecule has 3 heterocycles. The molecule has 0 aromatic carbocycles. The van der Waals surface area contributed by atoms with Crippen molar-refractivity contribution >= 4 is 34.3 Å². The van der Waals surface area contributed by atoms with E-state index < -0.39 is 0 Å². The molecule has 0 unspecified atom stereocenters. The lowest BCUT2D eigenvalue weighted by Gasteiger charge is -2.09. The van der Waals surface area contributed by atoms with Gasteiger partial charge >= 0.3 is 0 Å². The van der Waals surface area contributed by atoms with Crippen LogP contribution in [0.3, 0.4) is 0 Å². The molecular weight excluding hydrogens is 310 g/mol. The van der Waals surface area contributed by atoms with Crippen LogP contribution in [0.15, 0.2) is 30.7 Å². The van der Waals surface area contributed by atoms with Crippen molar-refractivity contribution in [2.75, 3.05) is 11.9 Å². The number of aromatic nitrogens is 5. The molecule has 0 saturated heterocycles. The van der Waals surface area contributed by atoms with Crippen molar-refractivity contribution < 1.29 is 0 Å². The highest BCUT2D eigenvalue weighted by Crippen LogP contribution is 2.27. The van der Waals surface area contributed by atoms with Crippen molar-refractivity contribution in [3.05, 3.63) is 30.7 Å². The lowest BCUT2D eigenvalue weighted by molar-refractivity contribution is 0.777. The largest absolute Gasteiger partial charge is 0.362 e. The van der Waals surface area contributed by atoms with Gasteiger partial charge in [0.15, 0.2) is 16.6 Å². The van der Waals surface area contributed by atoms with E-state index in [1.807, 2.05) is 12.1 Å². The van der Waals surface area contributed by atoms with Gasteiger partial charge in [-0.1, -0.05) is 0 Å². The highest BCUT2D eigenvalue weighted by Gasteiger charge is 2.20. The average Bonchev–Trinajstić information content (AvgIpc) is 3.24. The van der Waals surface area contributed by atoms with Crippen LogP contribution >= 0.6 is 12.2 Å². The van der Waals surface area contributed by atoms with Crippen LogP contribution in [0.2, 0.25) is 0 Å². The predicted octanol–water partition coefficient (Wildman–Crippen LogP) is 2.11. The van der Waals surface area contributed by atoms with Gasteiger partial charge in [-0.3, -0.25) is 4.98 Å². The van der Waals surface area contributed by atoms with E-state index in [2.05, 4.69) is 35.6 Å². The van der Waals surface area contributed by atoms with Gasteiger partial charge < -0.3 is 15.6 Å². The number of fused-ring (bicyclic) bond motifs is 1. The van der Waals surface area contributed by atoms with Gasteiger partial charge in [0.2, 0.25) is 0 Å². The van der Waals surface area contributed by atoms with Gasteiger partial charge in [-0.25, -0.2) is 15.0 Å². The molecule has 7 nitrogen and oxygen atoms in total. The number of nitrogens with one attached hydrogen (secondary N) is 3. The van der Waals surface area contributed by atoms with E-state index >= 15 is 0 Å². The number of pyridine rings is 1. The predicted molar refractivity (Wildman–Crippen MR) is 91.9 cm³/mol. The Bertz CT molecular complexity index is 842. The molecule has 23 heavy (non-hydrogen) atoms. The monoisotopic (exact) mass is 325 g/mol. The standard InChI is InChI=1S/C15H15N7S/c23-15(19-7-9-1-2-9)22-12-4-3-10-14(21-12)20-11(8-18-10)13-16-5-6-17-13/h3-6,8-9H,1-2,7H2,(H,16,17)(H2,19,20,21,22,23). The minimum Gasteiger partial charge on any atom is -0.362 e. The van der Waals surface area contributed by atoms with Crippen LogP contribution in [0, 0.1) is 5.92 Å². The fraction of sp³-hybridized carbons (Fsp3) is 0.267. The smallest absolute Gasteiger partial charge is 0.180 e. The minimum absolute atomic E-state index is 0.550. The Labute approximate surface area is 138 Å². The summed E-state index contributed by atoms with van der Waals surface area (Å²) < 4.78 is 0. The maximum atomic E-state index is 5.28. The summed E-state index contributed by atoms with van der Waals surface area (Å²) in [6, 6.07) is 3.71. The molecule has 3 N–H and O–H groups in total. The van der Waals surface area contributed by atoms with E-state index in [4.69, 9.17) is 12.2 Å². The third-order valence-electron chi connectivity index (χ3n) is 3.64. The summed E-state index contributed by atoms with van der Waals surface area (Å²) in [5.41, 5.74) is 1.93. The summed E-state index contributed by atoms with van der Waals surface area (Å²) in [4.78, 5) is 20.5. The second-order valence-electron chi connectivity index (χ2n) is 5.51. The molecule has 0 aliphatic heterocycles. The number of thiocarbonyl (C=S) groups is 1.